The Kier molecular flexibility index (Phi) is 3.21. The van der Waals surface area contributed by atoms with Gasteiger partial charge in [0.2, 0.25) is 0 Å². The maximum Gasteiger partial charge on any atom is 0.267 e. The van der Waals surface area contributed by atoms with Crippen molar-refractivity contribution in [1.29, 1.82) is 0 Å². The third-order valence-electron chi connectivity index (χ3n) is 4.06. The van der Waals surface area contributed by atoms with E-state index >= 15 is 0 Å². The van der Waals surface area contributed by atoms with E-state index < -0.39 is 17.4 Å². The second kappa shape index (κ2) is 5.14. The Bertz CT molecular complexity index is 949. The van der Waals surface area contributed by atoms with Gasteiger partial charge in [-0.25, -0.2) is 13.9 Å². The number of H-pyrrole nitrogens is 1. The molecule has 0 radical (unpaired) electrons. The predicted molar refractivity (Wildman–Crippen MR) is 84.1 cm³/mol. The lowest BCUT2D eigenvalue weighted by Gasteiger charge is -2.17. The molecule has 1 aromatic carbocycles. The van der Waals surface area contributed by atoms with Crippen LogP contribution in [0.3, 0.4) is 0 Å². The first kappa shape index (κ1) is 14.3. The number of rotatable bonds is 3. The highest BCUT2D eigenvalue weighted by Gasteiger charge is 2.33. The fourth-order valence-electron chi connectivity index (χ4n) is 2.72. The van der Waals surface area contributed by atoms with E-state index in [-0.39, 0.29) is 21.8 Å². The molecule has 8 heteroatoms. The van der Waals surface area contributed by atoms with Crippen LogP contribution in [0.25, 0.3) is 16.7 Å². The Hall–Kier alpha value is -2.25. The van der Waals surface area contributed by atoms with E-state index in [1.807, 2.05) is 0 Å². The van der Waals surface area contributed by atoms with Gasteiger partial charge in [-0.1, -0.05) is 11.6 Å². The van der Waals surface area contributed by atoms with Crippen LogP contribution in [0, 0.1) is 11.7 Å². The molecule has 1 aliphatic carbocycles. The number of nitrogens with two attached hydrogens (primary N) is 1. The van der Waals surface area contributed by atoms with E-state index in [9.17, 15) is 9.18 Å². The van der Waals surface area contributed by atoms with Crippen molar-refractivity contribution in [3.63, 3.8) is 0 Å². The second-order valence-electron chi connectivity index (χ2n) is 5.69. The highest BCUT2D eigenvalue weighted by molar-refractivity contribution is 6.35. The molecule has 1 atom stereocenters. The summed E-state index contributed by atoms with van der Waals surface area (Å²) in [6, 6.07) is 3.51. The Balaban J connectivity index is 2.09. The molecule has 23 heavy (non-hydrogen) atoms. The molecular formula is C15H13ClFN5O. The van der Waals surface area contributed by atoms with Crippen LogP contribution in [0.5, 0.6) is 0 Å². The third-order valence-corrected chi connectivity index (χ3v) is 4.35. The number of fused-ring (bicyclic) bond motifs is 1. The average Bonchev–Trinajstić information content (AvgIpc) is 3.23. The maximum absolute atomic E-state index is 13.6. The minimum atomic E-state index is -0.589. The highest BCUT2D eigenvalue weighted by atomic mass is 35.5. The van der Waals surface area contributed by atoms with E-state index in [0.717, 1.165) is 25.0 Å². The van der Waals surface area contributed by atoms with Crippen molar-refractivity contribution in [1.82, 2.24) is 19.7 Å². The van der Waals surface area contributed by atoms with E-state index in [4.69, 9.17) is 17.3 Å². The first-order valence-electron chi connectivity index (χ1n) is 7.23. The van der Waals surface area contributed by atoms with Gasteiger partial charge in [-0.05, 0) is 30.9 Å². The summed E-state index contributed by atoms with van der Waals surface area (Å²) in [6.45, 7) is 0. The molecule has 4 rings (SSSR count). The standard InChI is InChI=1S/C15H13ClFN5O/c16-10-6-8(17)5-9-13(10)20-14(12(18)7-1-2-7)22(15(9)23)11-3-4-19-21-11/h3-7,12H,1-2,18H2,(H,19,21)/t12-/m0/s1. The SMILES string of the molecule is N[C@H](c1nc2c(Cl)cc(F)cc2c(=O)n1-c1cc[nH]n1)C1CC1. The summed E-state index contributed by atoms with van der Waals surface area (Å²) in [7, 11) is 0. The smallest absolute Gasteiger partial charge is 0.267 e. The van der Waals surface area contributed by atoms with Crippen LogP contribution < -0.4 is 11.3 Å². The third kappa shape index (κ3) is 2.32. The first-order valence-corrected chi connectivity index (χ1v) is 7.61. The number of nitrogens with one attached hydrogen (secondary N) is 1. The summed E-state index contributed by atoms with van der Waals surface area (Å²) in [4.78, 5) is 17.4. The molecule has 118 valence electrons. The first-order chi connectivity index (χ1) is 11.1. The number of hydrogen-bond acceptors (Lipinski definition) is 4. The van der Waals surface area contributed by atoms with Crippen molar-refractivity contribution in [2.45, 2.75) is 18.9 Å². The van der Waals surface area contributed by atoms with Gasteiger partial charge in [0.1, 0.15) is 11.6 Å². The molecule has 0 spiro atoms. The minimum absolute atomic E-state index is 0.0931. The molecule has 0 bridgehead atoms. The summed E-state index contributed by atoms with van der Waals surface area (Å²) in [6.07, 6.45) is 3.58. The zero-order valence-electron chi connectivity index (χ0n) is 12.0. The summed E-state index contributed by atoms with van der Waals surface area (Å²) in [5.74, 6) is 0.458. The Morgan fingerprint density at radius 1 is 1.43 bits per heavy atom. The Morgan fingerprint density at radius 2 is 2.22 bits per heavy atom. The van der Waals surface area contributed by atoms with Gasteiger partial charge in [-0.3, -0.25) is 9.89 Å². The molecule has 3 N–H and O–H groups in total. The van der Waals surface area contributed by atoms with Gasteiger partial charge in [-0.15, -0.1) is 0 Å². The van der Waals surface area contributed by atoms with Gasteiger partial charge < -0.3 is 5.73 Å². The molecule has 1 fully saturated rings. The van der Waals surface area contributed by atoms with Crippen LogP contribution in [0.15, 0.2) is 29.2 Å². The van der Waals surface area contributed by atoms with Gasteiger partial charge >= 0.3 is 0 Å². The van der Waals surface area contributed by atoms with Crippen molar-refractivity contribution in [2.24, 2.45) is 11.7 Å². The molecule has 0 saturated heterocycles. The maximum atomic E-state index is 13.6. The normalized spacial score (nSPS) is 16.0. The highest BCUT2D eigenvalue weighted by Crippen LogP contribution is 2.39. The molecule has 1 aliphatic rings. The molecular weight excluding hydrogens is 321 g/mol. The van der Waals surface area contributed by atoms with Crippen LogP contribution in [-0.2, 0) is 0 Å². The molecule has 0 aliphatic heterocycles. The number of benzene rings is 1. The van der Waals surface area contributed by atoms with Crippen molar-refractivity contribution in [3.05, 3.63) is 51.4 Å². The average molecular weight is 334 g/mol. The van der Waals surface area contributed by atoms with Crippen LogP contribution in [0.4, 0.5) is 4.39 Å². The lowest BCUT2D eigenvalue weighted by atomic mass is 10.1. The Labute approximate surface area is 135 Å². The van der Waals surface area contributed by atoms with E-state index in [1.54, 1.807) is 12.3 Å². The van der Waals surface area contributed by atoms with E-state index in [0.29, 0.717) is 11.6 Å². The summed E-state index contributed by atoms with van der Waals surface area (Å²) in [5, 5.41) is 6.89. The summed E-state index contributed by atoms with van der Waals surface area (Å²) in [5.41, 5.74) is 6.09. The molecule has 0 unspecified atom stereocenters. The lowest BCUT2D eigenvalue weighted by Crippen LogP contribution is -2.29. The number of aromatic amines is 1. The summed E-state index contributed by atoms with van der Waals surface area (Å²) >= 11 is 6.07. The van der Waals surface area contributed by atoms with Gasteiger partial charge in [-0.2, -0.15) is 5.10 Å². The molecule has 3 aromatic rings. The number of nitrogens with zero attached hydrogens (tertiary/aromatic N) is 3. The lowest BCUT2D eigenvalue weighted by molar-refractivity contribution is 0.570. The fourth-order valence-corrected chi connectivity index (χ4v) is 2.97. The molecule has 2 aromatic heterocycles. The van der Waals surface area contributed by atoms with Gasteiger partial charge in [0.25, 0.3) is 5.56 Å². The van der Waals surface area contributed by atoms with E-state index in [2.05, 4.69) is 15.2 Å². The largest absolute Gasteiger partial charge is 0.321 e. The molecule has 1 saturated carbocycles. The van der Waals surface area contributed by atoms with Crippen LogP contribution >= 0.6 is 11.6 Å². The topological polar surface area (TPSA) is 89.6 Å². The van der Waals surface area contributed by atoms with E-state index in [1.165, 1.54) is 4.57 Å². The van der Waals surface area contributed by atoms with Gasteiger partial charge in [0.05, 0.1) is 22.0 Å². The number of aromatic nitrogens is 4. The second-order valence-corrected chi connectivity index (χ2v) is 6.10. The zero-order chi connectivity index (χ0) is 16.1. The monoisotopic (exact) mass is 333 g/mol. The molecule has 6 nitrogen and oxygen atoms in total. The van der Waals surface area contributed by atoms with Gasteiger partial charge in [0.15, 0.2) is 5.82 Å². The van der Waals surface area contributed by atoms with Crippen molar-refractivity contribution < 1.29 is 4.39 Å². The number of halogens is 2. The summed E-state index contributed by atoms with van der Waals surface area (Å²) < 4.78 is 15.0. The van der Waals surface area contributed by atoms with Crippen molar-refractivity contribution in [3.8, 4) is 5.82 Å². The number of hydrogen-bond donors (Lipinski definition) is 2. The van der Waals surface area contributed by atoms with Gasteiger partial charge in [0, 0.05) is 12.3 Å². The fraction of sp³-hybridized carbons (Fsp3) is 0.267. The van der Waals surface area contributed by atoms with Crippen molar-refractivity contribution >= 4 is 22.5 Å². The molecule has 2 heterocycles. The molecule has 0 amide bonds. The quantitative estimate of drug-likeness (QED) is 0.769. The predicted octanol–water partition coefficient (Wildman–Crippen LogP) is 2.31. The minimum Gasteiger partial charge on any atom is -0.321 e. The van der Waals surface area contributed by atoms with Crippen LogP contribution in [-0.4, -0.2) is 19.7 Å². The zero-order valence-corrected chi connectivity index (χ0v) is 12.7. The van der Waals surface area contributed by atoms with Crippen LogP contribution in [0.2, 0.25) is 5.02 Å². The Morgan fingerprint density at radius 3 is 2.87 bits per heavy atom. The van der Waals surface area contributed by atoms with Crippen LogP contribution in [0.1, 0.15) is 24.7 Å². The van der Waals surface area contributed by atoms with Crippen molar-refractivity contribution in [2.75, 3.05) is 0 Å².